The number of carbonyl (C=O) groups excluding carboxylic acids is 1. The monoisotopic (exact) mass is 530 g/mol. The van der Waals surface area contributed by atoms with Crippen LogP contribution in [0, 0.1) is 15.2 Å². The molecule has 0 radical (unpaired) electrons. The van der Waals surface area contributed by atoms with Gasteiger partial charge in [-0.3, -0.25) is 4.79 Å². The van der Waals surface area contributed by atoms with Gasteiger partial charge in [-0.15, -0.1) is 0 Å². The zero-order valence-corrected chi connectivity index (χ0v) is 18.8. The lowest BCUT2D eigenvalue weighted by molar-refractivity contribution is -0.133. The molecular formula is C25H21F2IN2O. The van der Waals surface area contributed by atoms with Crippen molar-refractivity contribution in [2.24, 2.45) is 5.73 Å². The standard InChI is InChI=1S/C25H21F2IN2O/c26-19-8-11-22(27)21(14-19)18-13-24(17-4-2-1-3-5-17)30(15-18)25(31)23(29)12-16-6-9-20(28)10-7-16/h1-11,13-14,23-24H,12,15,29H2/t23-,24?/m0/s1. The van der Waals surface area contributed by atoms with Gasteiger partial charge in [0.2, 0.25) is 5.91 Å². The van der Waals surface area contributed by atoms with Gasteiger partial charge in [0.1, 0.15) is 11.6 Å². The van der Waals surface area contributed by atoms with Crippen LogP contribution in [0.25, 0.3) is 5.57 Å². The highest BCUT2D eigenvalue weighted by molar-refractivity contribution is 14.1. The molecule has 0 spiro atoms. The first-order valence-corrected chi connectivity index (χ1v) is 11.0. The summed E-state index contributed by atoms with van der Waals surface area (Å²) in [5, 5.41) is 0. The number of amides is 1. The van der Waals surface area contributed by atoms with Crippen LogP contribution in [0.3, 0.4) is 0 Å². The molecule has 0 aromatic heterocycles. The molecule has 158 valence electrons. The van der Waals surface area contributed by atoms with Crippen molar-refractivity contribution in [3.05, 3.63) is 111 Å². The highest BCUT2D eigenvalue weighted by atomic mass is 127. The van der Waals surface area contributed by atoms with E-state index in [1.807, 2.05) is 60.7 Å². The summed E-state index contributed by atoms with van der Waals surface area (Å²) in [6, 6.07) is 19.6. The summed E-state index contributed by atoms with van der Waals surface area (Å²) >= 11 is 2.23. The fraction of sp³-hybridized carbons (Fsp3) is 0.160. The Morgan fingerprint density at radius 2 is 1.77 bits per heavy atom. The van der Waals surface area contributed by atoms with E-state index in [0.29, 0.717) is 12.0 Å². The van der Waals surface area contributed by atoms with Gasteiger partial charge >= 0.3 is 0 Å². The first kappa shape index (κ1) is 21.6. The van der Waals surface area contributed by atoms with Crippen LogP contribution in [0.5, 0.6) is 0 Å². The lowest BCUT2D eigenvalue weighted by atomic mass is 10.0. The lowest BCUT2D eigenvalue weighted by Gasteiger charge is -2.28. The Bertz CT molecular complexity index is 1120. The molecule has 2 atom stereocenters. The Balaban J connectivity index is 1.63. The zero-order chi connectivity index (χ0) is 22.0. The maximum absolute atomic E-state index is 14.4. The molecule has 0 bridgehead atoms. The van der Waals surface area contributed by atoms with Crippen molar-refractivity contribution in [1.82, 2.24) is 4.90 Å². The molecule has 2 N–H and O–H groups in total. The third kappa shape index (κ3) is 4.85. The van der Waals surface area contributed by atoms with Crippen molar-refractivity contribution in [1.29, 1.82) is 0 Å². The van der Waals surface area contributed by atoms with Crippen LogP contribution in [-0.2, 0) is 11.2 Å². The van der Waals surface area contributed by atoms with Crippen LogP contribution in [-0.4, -0.2) is 23.4 Å². The second kappa shape index (κ2) is 9.28. The molecule has 1 amide bonds. The minimum atomic E-state index is -0.739. The number of nitrogens with zero attached hydrogens (tertiary/aromatic N) is 1. The van der Waals surface area contributed by atoms with E-state index in [1.54, 1.807) is 4.90 Å². The molecule has 31 heavy (non-hydrogen) atoms. The Morgan fingerprint density at radius 3 is 2.48 bits per heavy atom. The minimum absolute atomic E-state index is 0.166. The van der Waals surface area contributed by atoms with Crippen molar-refractivity contribution in [2.75, 3.05) is 6.54 Å². The van der Waals surface area contributed by atoms with Crippen LogP contribution in [0.2, 0.25) is 0 Å². The molecular weight excluding hydrogens is 509 g/mol. The zero-order valence-electron chi connectivity index (χ0n) is 16.6. The molecule has 1 heterocycles. The number of hydrogen-bond donors (Lipinski definition) is 1. The maximum atomic E-state index is 14.4. The highest BCUT2D eigenvalue weighted by Gasteiger charge is 2.34. The predicted molar refractivity (Wildman–Crippen MR) is 126 cm³/mol. The summed E-state index contributed by atoms with van der Waals surface area (Å²) in [6.45, 7) is 0.166. The summed E-state index contributed by atoms with van der Waals surface area (Å²) in [7, 11) is 0. The SMILES string of the molecule is N[C@@H](Cc1ccc(I)cc1)C(=O)N1CC(c2cc(F)ccc2F)=CC1c1ccccc1. The Hall–Kier alpha value is -2.58. The van der Waals surface area contributed by atoms with Crippen LogP contribution in [0.1, 0.15) is 22.7 Å². The Morgan fingerprint density at radius 1 is 1.06 bits per heavy atom. The van der Waals surface area contributed by atoms with Crippen LogP contribution in [0.15, 0.2) is 78.9 Å². The molecule has 4 rings (SSSR count). The van der Waals surface area contributed by atoms with Crippen LogP contribution >= 0.6 is 22.6 Å². The molecule has 0 aliphatic carbocycles. The van der Waals surface area contributed by atoms with Crippen molar-refractivity contribution in [2.45, 2.75) is 18.5 Å². The maximum Gasteiger partial charge on any atom is 0.240 e. The van der Waals surface area contributed by atoms with Gasteiger partial charge < -0.3 is 10.6 Å². The molecule has 3 nitrogen and oxygen atoms in total. The molecule has 1 unspecified atom stereocenters. The summed E-state index contributed by atoms with van der Waals surface area (Å²) in [5.74, 6) is -1.26. The van der Waals surface area contributed by atoms with Gasteiger partial charge in [0, 0.05) is 15.7 Å². The van der Waals surface area contributed by atoms with Gasteiger partial charge in [-0.2, -0.15) is 0 Å². The summed E-state index contributed by atoms with van der Waals surface area (Å²) in [4.78, 5) is 15.0. The summed E-state index contributed by atoms with van der Waals surface area (Å²) in [6.07, 6.45) is 2.22. The molecule has 1 aliphatic rings. The molecule has 3 aromatic carbocycles. The number of nitrogens with two attached hydrogens (primary N) is 1. The molecule has 0 saturated heterocycles. The molecule has 3 aromatic rings. The van der Waals surface area contributed by atoms with E-state index in [9.17, 15) is 13.6 Å². The fourth-order valence-corrected chi connectivity index (χ4v) is 4.21. The van der Waals surface area contributed by atoms with Gasteiger partial charge in [0.25, 0.3) is 0 Å². The Kier molecular flexibility index (Phi) is 6.48. The van der Waals surface area contributed by atoms with E-state index in [0.717, 1.165) is 26.8 Å². The van der Waals surface area contributed by atoms with Crippen LogP contribution < -0.4 is 5.73 Å². The van der Waals surface area contributed by atoms with Gasteiger partial charge in [-0.05, 0) is 76.0 Å². The molecule has 1 aliphatic heterocycles. The largest absolute Gasteiger partial charge is 0.326 e. The van der Waals surface area contributed by atoms with E-state index in [4.69, 9.17) is 5.73 Å². The van der Waals surface area contributed by atoms with Crippen molar-refractivity contribution >= 4 is 34.1 Å². The first-order chi connectivity index (χ1) is 14.9. The fourth-order valence-electron chi connectivity index (χ4n) is 3.85. The third-order valence-corrected chi connectivity index (χ3v) is 6.14. The van der Waals surface area contributed by atoms with Gasteiger partial charge in [0.05, 0.1) is 12.1 Å². The van der Waals surface area contributed by atoms with Gasteiger partial charge in [-0.25, -0.2) is 8.78 Å². The van der Waals surface area contributed by atoms with Gasteiger partial charge in [-0.1, -0.05) is 48.5 Å². The quantitative estimate of drug-likeness (QED) is 0.467. The molecule has 0 saturated carbocycles. The van der Waals surface area contributed by atoms with E-state index in [-0.39, 0.29) is 18.0 Å². The topological polar surface area (TPSA) is 46.3 Å². The average molecular weight is 530 g/mol. The van der Waals surface area contributed by atoms with E-state index < -0.39 is 23.7 Å². The predicted octanol–water partition coefficient (Wildman–Crippen LogP) is 5.11. The summed E-state index contributed by atoms with van der Waals surface area (Å²) < 4.78 is 29.3. The number of rotatable bonds is 5. The Labute approximate surface area is 193 Å². The van der Waals surface area contributed by atoms with Crippen molar-refractivity contribution in [3.63, 3.8) is 0 Å². The number of halogens is 3. The molecule has 0 fully saturated rings. The highest BCUT2D eigenvalue weighted by Crippen LogP contribution is 2.36. The second-order valence-corrected chi connectivity index (χ2v) is 8.82. The van der Waals surface area contributed by atoms with Crippen molar-refractivity contribution in [3.8, 4) is 0 Å². The summed E-state index contributed by atoms with van der Waals surface area (Å²) in [5.41, 5.74) is 8.90. The normalized spacial score (nSPS) is 16.8. The van der Waals surface area contributed by atoms with E-state index in [2.05, 4.69) is 22.6 Å². The smallest absolute Gasteiger partial charge is 0.240 e. The van der Waals surface area contributed by atoms with Crippen molar-refractivity contribution < 1.29 is 13.6 Å². The van der Waals surface area contributed by atoms with E-state index in [1.165, 1.54) is 6.07 Å². The second-order valence-electron chi connectivity index (χ2n) is 7.57. The number of carbonyl (C=O) groups is 1. The number of benzene rings is 3. The van der Waals surface area contributed by atoms with Gasteiger partial charge in [0.15, 0.2) is 0 Å². The lowest BCUT2D eigenvalue weighted by Crippen LogP contribution is -2.45. The molecule has 6 heteroatoms. The van der Waals surface area contributed by atoms with E-state index >= 15 is 0 Å². The minimum Gasteiger partial charge on any atom is -0.326 e. The van der Waals surface area contributed by atoms with Crippen LogP contribution in [0.4, 0.5) is 8.78 Å². The number of hydrogen-bond acceptors (Lipinski definition) is 2. The average Bonchev–Trinajstić information content (AvgIpc) is 3.22. The third-order valence-electron chi connectivity index (χ3n) is 5.42. The first-order valence-electron chi connectivity index (χ1n) is 9.94.